The van der Waals surface area contributed by atoms with Crippen molar-refractivity contribution < 1.29 is 0 Å². The average Bonchev–Trinajstić information content (AvgIpc) is 2.64. The van der Waals surface area contributed by atoms with E-state index in [4.69, 9.17) is 5.73 Å². The first-order valence-electron chi connectivity index (χ1n) is 5.58. The molecule has 86 valence electrons. The highest BCUT2D eigenvalue weighted by Gasteiger charge is 2.11. The molecular formula is C12H13N5. The van der Waals surface area contributed by atoms with E-state index in [2.05, 4.69) is 15.0 Å². The number of rotatable bonds is 1. The van der Waals surface area contributed by atoms with E-state index < -0.39 is 0 Å². The Kier molecular flexibility index (Phi) is 2.01. The predicted octanol–water partition coefficient (Wildman–Crippen LogP) is 1.89. The predicted molar refractivity (Wildman–Crippen MR) is 67.7 cm³/mol. The molecule has 0 spiro atoms. The molecule has 0 bridgehead atoms. The van der Waals surface area contributed by atoms with Crippen LogP contribution in [0.25, 0.3) is 22.1 Å². The minimum Gasteiger partial charge on any atom is -0.369 e. The SMILES string of the molecule is CCn1c(N)nc2c3ncc(C)nc3ccc21. The quantitative estimate of drug-likeness (QED) is 0.689. The molecule has 0 amide bonds. The first kappa shape index (κ1) is 10.0. The van der Waals surface area contributed by atoms with E-state index in [1.54, 1.807) is 6.20 Å². The van der Waals surface area contributed by atoms with Crippen molar-refractivity contribution in [1.29, 1.82) is 0 Å². The molecule has 0 aliphatic heterocycles. The number of nitrogens with two attached hydrogens (primary N) is 1. The Hall–Kier alpha value is -2.17. The van der Waals surface area contributed by atoms with Crippen LogP contribution in [0.5, 0.6) is 0 Å². The summed E-state index contributed by atoms with van der Waals surface area (Å²) in [6.07, 6.45) is 1.75. The zero-order valence-electron chi connectivity index (χ0n) is 9.81. The van der Waals surface area contributed by atoms with Crippen LogP contribution >= 0.6 is 0 Å². The topological polar surface area (TPSA) is 69.6 Å². The fraction of sp³-hybridized carbons (Fsp3) is 0.250. The van der Waals surface area contributed by atoms with Crippen molar-refractivity contribution in [1.82, 2.24) is 19.5 Å². The van der Waals surface area contributed by atoms with Crippen LogP contribution in [-0.2, 0) is 6.54 Å². The molecule has 0 radical (unpaired) electrons. The van der Waals surface area contributed by atoms with E-state index >= 15 is 0 Å². The van der Waals surface area contributed by atoms with Gasteiger partial charge in [-0.25, -0.2) is 9.97 Å². The lowest BCUT2D eigenvalue weighted by molar-refractivity contribution is 0.800. The van der Waals surface area contributed by atoms with Gasteiger partial charge in [0.05, 0.1) is 16.7 Å². The molecule has 5 nitrogen and oxygen atoms in total. The largest absolute Gasteiger partial charge is 0.369 e. The summed E-state index contributed by atoms with van der Waals surface area (Å²) < 4.78 is 1.97. The Morgan fingerprint density at radius 1 is 1.24 bits per heavy atom. The van der Waals surface area contributed by atoms with Crippen LogP contribution in [0.15, 0.2) is 18.3 Å². The fourth-order valence-corrected chi connectivity index (χ4v) is 2.11. The molecule has 0 aliphatic carbocycles. The van der Waals surface area contributed by atoms with E-state index in [1.807, 2.05) is 30.5 Å². The maximum Gasteiger partial charge on any atom is 0.201 e. The van der Waals surface area contributed by atoms with Gasteiger partial charge in [0.25, 0.3) is 0 Å². The zero-order valence-corrected chi connectivity index (χ0v) is 9.81. The van der Waals surface area contributed by atoms with Gasteiger partial charge >= 0.3 is 0 Å². The van der Waals surface area contributed by atoms with Gasteiger partial charge in [-0.15, -0.1) is 0 Å². The molecule has 2 heterocycles. The summed E-state index contributed by atoms with van der Waals surface area (Å²) in [6.45, 7) is 4.77. The molecule has 0 saturated carbocycles. The van der Waals surface area contributed by atoms with Crippen LogP contribution in [0.1, 0.15) is 12.6 Å². The Bertz CT molecular complexity index is 714. The molecule has 0 fully saturated rings. The van der Waals surface area contributed by atoms with Crippen LogP contribution < -0.4 is 5.73 Å². The monoisotopic (exact) mass is 227 g/mol. The Balaban J connectivity index is 2.48. The zero-order chi connectivity index (χ0) is 12.0. The summed E-state index contributed by atoms with van der Waals surface area (Å²) >= 11 is 0. The van der Waals surface area contributed by atoms with E-state index in [-0.39, 0.29) is 0 Å². The summed E-state index contributed by atoms with van der Waals surface area (Å²) in [4.78, 5) is 13.2. The van der Waals surface area contributed by atoms with Gasteiger partial charge in [-0.2, -0.15) is 0 Å². The average molecular weight is 227 g/mol. The molecule has 2 N–H and O–H groups in total. The third-order valence-electron chi connectivity index (χ3n) is 2.90. The van der Waals surface area contributed by atoms with Crippen LogP contribution in [0.2, 0.25) is 0 Å². The Morgan fingerprint density at radius 3 is 2.82 bits per heavy atom. The molecule has 17 heavy (non-hydrogen) atoms. The number of anilines is 1. The Morgan fingerprint density at radius 2 is 2.06 bits per heavy atom. The van der Waals surface area contributed by atoms with Crippen molar-refractivity contribution in [2.45, 2.75) is 20.4 Å². The van der Waals surface area contributed by atoms with Crippen molar-refractivity contribution in [2.24, 2.45) is 0 Å². The van der Waals surface area contributed by atoms with Gasteiger partial charge in [0.2, 0.25) is 5.95 Å². The van der Waals surface area contributed by atoms with Crippen LogP contribution in [0, 0.1) is 6.92 Å². The van der Waals surface area contributed by atoms with E-state index in [9.17, 15) is 0 Å². The van der Waals surface area contributed by atoms with E-state index in [0.29, 0.717) is 5.95 Å². The lowest BCUT2D eigenvalue weighted by atomic mass is 10.2. The van der Waals surface area contributed by atoms with Crippen molar-refractivity contribution >= 4 is 28.0 Å². The lowest BCUT2D eigenvalue weighted by Gasteiger charge is -2.02. The summed E-state index contributed by atoms with van der Waals surface area (Å²) in [5.41, 5.74) is 10.3. The van der Waals surface area contributed by atoms with Gasteiger partial charge < -0.3 is 10.3 Å². The van der Waals surface area contributed by atoms with Crippen LogP contribution in [0.3, 0.4) is 0 Å². The van der Waals surface area contributed by atoms with Gasteiger partial charge in [-0.05, 0) is 26.0 Å². The molecule has 3 aromatic rings. The molecular weight excluding hydrogens is 214 g/mol. The molecule has 0 unspecified atom stereocenters. The van der Waals surface area contributed by atoms with Gasteiger partial charge in [0.15, 0.2) is 0 Å². The number of hydrogen-bond acceptors (Lipinski definition) is 4. The highest BCUT2D eigenvalue weighted by atomic mass is 15.1. The molecule has 5 heteroatoms. The first-order valence-corrected chi connectivity index (χ1v) is 5.58. The number of imidazole rings is 1. The van der Waals surface area contributed by atoms with Crippen LogP contribution in [-0.4, -0.2) is 19.5 Å². The number of nitrogen functional groups attached to an aromatic ring is 1. The Labute approximate surface area is 98.3 Å². The second-order valence-electron chi connectivity index (χ2n) is 4.03. The van der Waals surface area contributed by atoms with Crippen LogP contribution in [0.4, 0.5) is 5.95 Å². The molecule has 0 aliphatic rings. The molecule has 0 saturated heterocycles. The summed E-state index contributed by atoms with van der Waals surface area (Å²) in [6, 6.07) is 3.96. The number of aromatic nitrogens is 4. The smallest absolute Gasteiger partial charge is 0.201 e. The highest BCUT2D eigenvalue weighted by molar-refractivity contribution is 6.00. The molecule has 1 aromatic carbocycles. The van der Waals surface area contributed by atoms with Gasteiger partial charge in [-0.1, -0.05) is 0 Å². The number of hydrogen-bond donors (Lipinski definition) is 1. The maximum absolute atomic E-state index is 5.89. The molecule has 3 rings (SSSR count). The lowest BCUT2D eigenvalue weighted by Crippen LogP contribution is -2.00. The van der Waals surface area contributed by atoms with E-state index in [1.165, 1.54) is 0 Å². The minimum absolute atomic E-state index is 0.525. The number of benzene rings is 1. The van der Waals surface area contributed by atoms with Gasteiger partial charge in [0, 0.05) is 12.7 Å². The molecule has 2 aromatic heterocycles. The standard InChI is InChI=1S/C12H13N5/c1-3-17-9-5-4-8-10(11(9)16-12(17)13)14-6-7(2)15-8/h4-6H,3H2,1-2H3,(H2,13,16). The summed E-state index contributed by atoms with van der Waals surface area (Å²) in [7, 11) is 0. The number of aryl methyl sites for hydroxylation is 2. The highest BCUT2D eigenvalue weighted by Crippen LogP contribution is 2.24. The third-order valence-corrected chi connectivity index (χ3v) is 2.90. The minimum atomic E-state index is 0.525. The van der Waals surface area contributed by atoms with Gasteiger partial charge in [-0.3, -0.25) is 4.98 Å². The maximum atomic E-state index is 5.89. The van der Waals surface area contributed by atoms with Gasteiger partial charge in [0.1, 0.15) is 11.0 Å². The third kappa shape index (κ3) is 1.35. The fourth-order valence-electron chi connectivity index (χ4n) is 2.11. The van der Waals surface area contributed by atoms with E-state index in [0.717, 1.165) is 34.3 Å². The van der Waals surface area contributed by atoms with Crippen molar-refractivity contribution in [3.05, 3.63) is 24.0 Å². The number of nitrogens with zero attached hydrogens (tertiary/aromatic N) is 4. The number of fused-ring (bicyclic) bond motifs is 3. The first-order chi connectivity index (χ1) is 8.20. The van der Waals surface area contributed by atoms with Crippen molar-refractivity contribution in [3.8, 4) is 0 Å². The second-order valence-corrected chi connectivity index (χ2v) is 4.03. The summed E-state index contributed by atoms with van der Waals surface area (Å²) in [5.74, 6) is 0.525. The molecule has 0 atom stereocenters. The second kappa shape index (κ2) is 3.41. The van der Waals surface area contributed by atoms with Crippen molar-refractivity contribution in [3.63, 3.8) is 0 Å². The normalized spacial score (nSPS) is 11.4. The summed E-state index contributed by atoms with van der Waals surface area (Å²) in [5, 5.41) is 0. The van der Waals surface area contributed by atoms with Crippen molar-refractivity contribution in [2.75, 3.05) is 5.73 Å².